The van der Waals surface area contributed by atoms with Gasteiger partial charge in [0.05, 0.1) is 6.54 Å². The van der Waals surface area contributed by atoms with Gasteiger partial charge in [-0.25, -0.2) is 4.98 Å². The Kier molecular flexibility index (Phi) is 5.10. The standard InChI is InChI=1S/C16H25N3O2S/c1-2-14-7-18-15(22-14)8-17-12-5-13(6-12)19(10-16(20)21)9-11-3-4-11/h7,11-13,17H,2-6,8-10H2,1H3,(H,20,21). The molecule has 6 heteroatoms. The van der Waals surface area contributed by atoms with Crippen LogP contribution in [0.5, 0.6) is 0 Å². The maximum Gasteiger partial charge on any atom is 0.317 e. The quantitative estimate of drug-likeness (QED) is 0.729. The van der Waals surface area contributed by atoms with Crippen molar-refractivity contribution in [2.75, 3.05) is 13.1 Å². The molecule has 2 aliphatic rings. The zero-order chi connectivity index (χ0) is 15.5. The summed E-state index contributed by atoms with van der Waals surface area (Å²) in [4.78, 5) is 19.0. The van der Waals surface area contributed by atoms with E-state index in [0.29, 0.717) is 12.1 Å². The molecule has 1 heterocycles. The van der Waals surface area contributed by atoms with Crippen LogP contribution in [0.3, 0.4) is 0 Å². The van der Waals surface area contributed by atoms with E-state index in [0.717, 1.165) is 43.3 Å². The number of rotatable bonds is 9. The summed E-state index contributed by atoms with van der Waals surface area (Å²) >= 11 is 1.78. The third-order valence-corrected chi connectivity index (χ3v) is 5.79. The third-order valence-electron chi connectivity index (χ3n) is 4.65. The first kappa shape index (κ1) is 15.9. The Morgan fingerprint density at radius 1 is 1.50 bits per heavy atom. The summed E-state index contributed by atoms with van der Waals surface area (Å²) in [5.74, 6) is 0.0427. The van der Waals surface area contributed by atoms with Gasteiger partial charge in [-0.3, -0.25) is 9.69 Å². The van der Waals surface area contributed by atoms with Crippen LogP contribution >= 0.6 is 11.3 Å². The van der Waals surface area contributed by atoms with E-state index in [1.54, 1.807) is 11.3 Å². The Morgan fingerprint density at radius 2 is 2.27 bits per heavy atom. The molecular formula is C16H25N3O2S. The number of carboxylic acids is 1. The molecular weight excluding hydrogens is 298 g/mol. The summed E-state index contributed by atoms with van der Waals surface area (Å²) in [5, 5.41) is 13.8. The SMILES string of the molecule is CCc1cnc(CNC2CC(N(CC(=O)O)CC3CC3)C2)s1. The molecule has 2 saturated carbocycles. The Labute approximate surface area is 135 Å². The molecule has 0 saturated heterocycles. The molecule has 0 aromatic carbocycles. The fourth-order valence-corrected chi connectivity index (χ4v) is 3.84. The molecule has 1 aromatic rings. The van der Waals surface area contributed by atoms with Crippen LogP contribution in [0.1, 0.15) is 42.5 Å². The average Bonchev–Trinajstić information content (AvgIpc) is 3.12. The molecule has 0 bridgehead atoms. The summed E-state index contributed by atoms with van der Waals surface area (Å²) in [7, 11) is 0. The topological polar surface area (TPSA) is 65.5 Å². The van der Waals surface area contributed by atoms with E-state index < -0.39 is 5.97 Å². The van der Waals surface area contributed by atoms with Gasteiger partial charge in [0.1, 0.15) is 5.01 Å². The van der Waals surface area contributed by atoms with Gasteiger partial charge in [-0.05, 0) is 38.0 Å². The lowest BCUT2D eigenvalue weighted by Crippen LogP contribution is -2.54. The lowest BCUT2D eigenvalue weighted by molar-refractivity contribution is -0.139. The van der Waals surface area contributed by atoms with Crippen LogP contribution in [0.4, 0.5) is 0 Å². The van der Waals surface area contributed by atoms with Crippen molar-refractivity contribution in [1.29, 1.82) is 0 Å². The lowest BCUT2D eigenvalue weighted by Gasteiger charge is -2.42. The van der Waals surface area contributed by atoms with E-state index in [1.807, 2.05) is 6.20 Å². The minimum absolute atomic E-state index is 0.195. The lowest BCUT2D eigenvalue weighted by atomic mass is 9.85. The highest BCUT2D eigenvalue weighted by Gasteiger charge is 2.36. The van der Waals surface area contributed by atoms with E-state index in [-0.39, 0.29) is 6.54 Å². The van der Waals surface area contributed by atoms with Gasteiger partial charge in [0.15, 0.2) is 0 Å². The maximum atomic E-state index is 11.0. The number of aliphatic carboxylic acids is 1. The summed E-state index contributed by atoms with van der Waals surface area (Å²) < 4.78 is 0. The van der Waals surface area contributed by atoms with Crippen molar-refractivity contribution in [3.8, 4) is 0 Å². The van der Waals surface area contributed by atoms with Gasteiger partial charge in [0, 0.05) is 36.2 Å². The van der Waals surface area contributed by atoms with Gasteiger partial charge in [-0.1, -0.05) is 6.92 Å². The van der Waals surface area contributed by atoms with Gasteiger partial charge in [-0.2, -0.15) is 0 Å². The second-order valence-electron chi connectivity index (χ2n) is 6.54. The molecule has 2 N–H and O–H groups in total. The zero-order valence-electron chi connectivity index (χ0n) is 13.1. The number of aromatic nitrogens is 1. The molecule has 3 rings (SSSR count). The van der Waals surface area contributed by atoms with Crippen LogP contribution < -0.4 is 5.32 Å². The minimum atomic E-state index is -0.702. The number of carbonyl (C=O) groups is 1. The van der Waals surface area contributed by atoms with Gasteiger partial charge in [0.2, 0.25) is 0 Å². The number of thiazole rings is 1. The van der Waals surface area contributed by atoms with E-state index >= 15 is 0 Å². The first-order valence-corrected chi connectivity index (χ1v) is 9.08. The van der Waals surface area contributed by atoms with E-state index in [4.69, 9.17) is 5.11 Å². The van der Waals surface area contributed by atoms with Crippen LogP contribution in [0.2, 0.25) is 0 Å². The van der Waals surface area contributed by atoms with E-state index in [2.05, 4.69) is 22.1 Å². The van der Waals surface area contributed by atoms with Crippen LogP contribution in [-0.2, 0) is 17.8 Å². The van der Waals surface area contributed by atoms with Crippen molar-refractivity contribution in [3.05, 3.63) is 16.1 Å². The fourth-order valence-electron chi connectivity index (χ4n) is 3.03. The smallest absolute Gasteiger partial charge is 0.317 e. The average molecular weight is 323 g/mol. The molecule has 0 amide bonds. The molecule has 122 valence electrons. The molecule has 0 atom stereocenters. The maximum absolute atomic E-state index is 11.0. The molecule has 1 aromatic heterocycles. The molecule has 0 spiro atoms. The van der Waals surface area contributed by atoms with Crippen LogP contribution in [-0.4, -0.2) is 46.1 Å². The first-order chi connectivity index (χ1) is 10.6. The number of aryl methyl sites for hydroxylation is 1. The molecule has 2 aliphatic carbocycles. The van der Waals surface area contributed by atoms with Gasteiger partial charge >= 0.3 is 5.97 Å². The first-order valence-electron chi connectivity index (χ1n) is 8.26. The summed E-state index contributed by atoms with van der Waals surface area (Å²) in [6.07, 6.45) is 7.69. The largest absolute Gasteiger partial charge is 0.480 e. The van der Waals surface area contributed by atoms with Crippen LogP contribution in [0.15, 0.2) is 6.20 Å². The monoisotopic (exact) mass is 323 g/mol. The van der Waals surface area contributed by atoms with Crippen molar-refractivity contribution >= 4 is 17.3 Å². The Balaban J connectivity index is 1.40. The van der Waals surface area contributed by atoms with E-state index in [9.17, 15) is 4.79 Å². The van der Waals surface area contributed by atoms with E-state index in [1.165, 1.54) is 17.7 Å². The highest BCUT2D eigenvalue weighted by atomic mass is 32.1. The highest BCUT2D eigenvalue weighted by molar-refractivity contribution is 7.11. The van der Waals surface area contributed by atoms with Gasteiger partial charge < -0.3 is 10.4 Å². The number of hydrogen-bond donors (Lipinski definition) is 2. The summed E-state index contributed by atoms with van der Waals surface area (Å²) in [5.41, 5.74) is 0. The van der Waals surface area contributed by atoms with Crippen molar-refractivity contribution in [1.82, 2.24) is 15.2 Å². The minimum Gasteiger partial charge on any atom is -0.480 e. The zero-order valence-corrected chi connectivity index (χ0v) is 13.9. The number of hydrogen-bond acceptors (Lipinski definition) is 5. The second kappa shape index (κ2) is 7.06. The summed E-state index contributed by atoms with van der Waals surface area (Å²) in [6, 6.07) is 0.950. The molecule has 5 nitrogen and oxygen atoms in total. The molecule has 22 heavy (non-hydrogen) atoms. The highest BCUT2D eigenvalue weighted by Crippen LogP contribution is 2.33. The molecule has 0 unspecified atom stereocenters. The van der Waals surface area contributed by atoms with Crippen molar-refractivity contribution in [2.24, 2.45) is 5.92 Å². The van der Waals surface area contributed by atoms with Crippen molar-refractivity contribution in [3.63, 3.8) is 0 Å². The number of nitrogens with one attached hydrogen (secondary N) is 1. The van der Waals surface area contributed by atoms with Gasteiger partial charge in [-0.15, -0.1) is 11.3 Å². The Hall–Kier alpha value is -0.980. The Bertz CT molecular complexity index is 509. The number of nitrogens with zero attached hydrogens (tertiary/aromatic N) is 2. The third kappa shape index (κ3) is 4.27. The second-order valence-corrected chi connectivity index (χ2v) is 7.74. The van der Waals surface area contributed by atoms with Gasteiger partial charge in [0.25, 0.3) is 0 Å². The van der Waals surface area contributed by atoms with Crippen molar-refractivity contribution < 1.29 is 9.90 Å². The fraction of sp³-hybridized carbons (Fsp3) is 0.750. The Morgan fingerprint density at radius 3 is 2.86 bits per heavy atom. The summed E-state index contributed by atoms with van der Waals surface area (Å²) in [6.45, 7) is 4.15. The predicted octanol–water partition coefficient (Wildman–Crippen LogP) is 2.12. The molecule has 0 aliphatic heterocycles. The van der Waals surface area contributed by atoms with Crippen molar-refractivity contribution in [2.45, 2.75) is 57.7 Å². The normalized spacial score (nSPS) is 24.5. The van der Waals surface area contributed by atoms with Crippen LogP contribution in [0, 0.1) is 5.92 Å². The molecule has 2 fully saturated rings. The predicted molar refractivity (Wildman–Crippen MR) is 87.1 cm³/mol. The number of carboxylic acid groups (broad SMARTS) is 1. The van der Waals surface area contributed by atoms with Crippen LogP contribution in [0.25, 0.3) is 0 Å². The molecule has 0 radical (unpaired) electrons.